The first-order valence-corrected chi connectivity index (χ1v) is 10.5. The number of nitrogen functional groups attached to an aromatic ring is 1. The van der Waals surface area contributed by atoms with Gasteiger partial charge in [0.2, 0.25) is 0 Å². The van der Waals surface area contributed by atoms with Crippen molar-refractivity contribution in [3.8, 4) is 0 Å². The lowest BCUT2D eigenvalue weighted by molar-refractivity contribution is 0.152. The van der Waals surface area contributed by atoms with Crippen molar-refractivity contribution in [2.24, 2.45) is 5.41 Å². The maximum absolute atomic E-state index is 5.89. The molecule has 0 atom stereocenters. The number of anilines is 1. The van der Waals surface area contributed by atoms with E-state index in [1.165, 1.54) is 68.9 Å². The highest BCUT2D eigenvalue weighted by molar-refractivity contribution is 5.39. The molecule has 1 aliphatic carbocycles. The van der Waals surface area contributed by atoms with Crippen LogP contribution in [-0.2, 0) is 6.42 Å². The van der Waals surface area contributed by atoms with Gasteiger partial charge in [0.15, 0.2) is 0 Å². The van der Waals surface area contributed by atoms with Crippen molar-refractivity contribution < 1.29 is 0 Å². The van der Waals surface area contributed by atoms with Crippen LogP contribution in [-0.4, -0.2) is 0 Å². The van der Waals surface area contributed by atoms with Crippen LogP contribution in [0.5, 0.6) is 0 Å². The van der Waals surface area contributed by atoms with E-state index in [1.807, 2.05) is 0 Å². The topological polar surface area (TPSA) is 26.0 Å². The van der Waals surface area contributed by atoms with Gasteiger partial charge >= 0.3 is 0 Å². The maximum Gasteiger partial charge on any atom is 0.0314 e. The Kier molecular flexibility index (Phi) is 6.40. The minimum Gasteiger partial charge on any atom is -0.399 e. The van der Waals surface area contributed by atoms with Crippen molar-refractivity contribution >= 4 is 5.69 Å². The molecule has 0 aromatic heterocycles. The molecule has 0 amide bonds. The van der Waals surface area contributed by atoms with E-state index >= 15 is 0 Å². The Morgan fingerprint density at radius 1 is 0.962 bits per heavy atom. The van der Waals surface area contributed by atoms with E-state index in [0.29, 0.717) is 5.41 Å². The molecule has 1 nitrogen and oxygen atoms in total. The number of nitrogens with two attached hydrogens (primary N) is 1. The fourth-order valence-corrected chi connectivity index (χ4v) is 4.92. The molecule has 0 bridgehead atoms. The molecule has 2 aromatic carbocycles. The first-order valence-electron chi connectivity index (χ1n) is 10.5. The predicted molar refractivity (Wildman–Crippen MR) is 114 cm³/mol. The fraction of sp³-hybridized carbons (Fsp3) is 0.520. The normalized spacial score (nSPS) is 23.1. The highest BCUT2D eigenvalue weighted by atomic mass is 14.5. The summed E-state index contributed by atoms with van der Waals surface area (Å²) >= 11 is 0. The molecular weight excluding hydrogens is 314 g/mol. The lowest BCUT2D eigenvalue weighted by atomic mass is 9.64. The van der Waals surface area contributed by atoms with Gasteiger partial charge in [-0.3, -0.25) is 0 Å². The summed E-state index contributed by atoms with van der Waals surface area (Å²) in [6.07, 6.45) is 12.1. The van der Waals surface area contributed by atoms with E-state index in [2.05, 4.69) is 62.4 Å². The molecule has 2 aromatic rings. The number of unbranched alkanes of at least 4 members (excludes halogenated alkanes) is 2. The molecule has 26 heavy (non-hydrogen) atoms. The van der Waals surface area contributed by atoms with Crippen LogP contribution in [0.15, 0.2) is 48.5 Å². The summed E-state index contributed by atoms with van der Waals surface area (Å²) in [5.74, 6) is 0.752. The molecule has 0 aliphatic heterocycles. The summed E-state index contributed by atoms with van der Waals surface area (Å²) in [6.45, 7) is 4.58. The second kappa shape index (κ2) is 8.75. The van der Waals surface area contributed by atoms with Crippen LogP contribution >= 0.6 is 0 Å². The number of rotatable bonds is 7. The van der Waals surface area contributed by atoms with Gasteiger partial charge in [0.25, 0.3) is 0 Å². The van der Waals surface area contributed by atoms with Crippen LogP contribution in [0.4, 0.5) is 5.69 Å². The van der Waals surface area contributed by atoms with Crippen molar-refractivity contribution in [2.75, 3.05) is 5.73 Å². The summed E-state index contributed by atoms with van der Waals surface area (Å²) in [5, 5.41) is 0. The second-order valence-electron chi connectivity index (χ2n) is 8.51. The van der Waals surface area contributed by atoms with Gasteiger partial charge in [-0.2, -0.15) is 0 Å². The molecule has 1 aliphatic rings. The molecule has 1 heteroatoms. The van der Waals surface area contributed by atoms with Crippen LogP contribution in [0.25, 0.3) is 0 Å². The van der Waals surface area contributed by atoms with Crippen molar-refractivity contribution in [1.29, 1.82) is 0 Å². The molecule has 1 saturated carbocycles. The average molecular weight is 350 g/mol. The zero-order valence-electron chi connectivity index (χ0n) is 16.6. The number of hydrogen-bond donors (Lipinski definition) is 1. The van der Waals surface area contributed by atoms with Crippen LogP contribution in [0.1, 0.15) is 80.9 Å². The molecule has 3 rings (SSSR count). The van der Waals surface area contributed by atoms with E-state index < -0.39 is 0 Å². The van der Waals surface area contributed by atoms with Crippen molar-refractivity contribution in [2.45, 2.75) is 77.6 Å². The molecule has 0 spiro atoms. The molecule has 140 valence electrons. The van der Waals surface area contributed by atoms with Gasteiger partial charge in [-0.05, 0) is 85.6 Å². The van der Waals surface area contributed by atoms with E-state index in [0.717, 1.165) is 11.6 Å². The molecule has 0 saturated heterocycles. The highest BCUT2D eigenvalue weighted by Crippen LogP contribution is 2.48. The summed E-state index contributed by atoms with van der Waals surface area (Å²) in [7, 11) is 0. The predicted octanol–water partition coefficient (Wildman–Crippen LogP) is 7.04. The lowest BCUT2D eigenvalue weighted by Crippen LogP contribution is -2.29. The molecule has 1 fully saturated rings. The van der Waals surface area contributed by atoms with E-state index in [-0.39, 0.29) is 0 Å². The minimum atomic E-state index is 0.491. The third kappa shape index (κ3) is 4.69. The van der Waals surface area contributed by atoms with Gasteiger partial charge in [-0.1, -0.05) is 62.6 Å². The van der Waals surface area contributed by atoms with Gasteiger partial charge in [0.05, 0.1) is 0 Å². The van der Waals surface area contributed by atoms with E-state index in [4.69, 9.17) is 5.73 Å². The molecule has 2 N–H and O–H groups in total. The molecular formula is C25H35N. The monoisotopic (exact) mass is 349 g/mol. The molecule has 0 heterocycles. The fourth-order valence-electron chi connectivity index (χ4n) is 4.92. The Morgan fingerprint density at radius 2 is 1.65 bits per heavy atom. The zero-order chi connectivity index (χ0) is 18.4. The summed E-state index contributed by atoms with van der Waals surface area (Å²) in [4.78, 5) is 0. The Hall–Kier alpha value is -1.76. The Bertz CT molecular complexity index is 678. The lowest BCUT2D eigenvalue weighted by Gasteiger charge is -2.41. The van der Waals surface area contributed by atoms with Crippen LogP contribution < -0.4 is 5.73 Å². The third-order valence-electron chi connectivity index (χ3n) is 6.54. The SMILES string of the molecule is CCCCCC1(Cc2ccc(N)cc2)CCC(c2ccccc2C)CC1. The zero-order valence-corrected chi connectivity index (χ0v) is 16.6. The summed E-state index contributed by atoms with van der Waals surface area (Å²) in [6, 6.07) is 17.6. The Balaban J connectivity index is 1.71. The molecule has 0 radical (unpaired) electrons. The largest absolute Gasteiger partial charge is 0.399 e. The smallest absolute Gasteiger partial charge is 0.0314 e. The van der Waals surface area contributed by atoms with Gasteiger partial charge in [0, 0.05) is 5.69 Å². The first kappa shape index (κ1) is 19.0. The van der Waals surface area contributed by atoms with E-state index in [9.17, 15) is 0 Å². The Morgan fingerprint density at radius 3 is 2.31 bits per heavy atom. The summed E-state index contributed by atoms with van der Waals surface area (Å²) in [5.41, 5.74) is 11.8. The highest BCUT2D eigenvalue weighted by Gasteiger charge is 2.35. The van der Waals surface area contributed by atoms with Gasteiger partial charge < -0.3 is 5.73 Å². The number of aryl methyl sites for hydroxylation is 1. The maximum atomic E-state index is 5.89. The number of benzene rings is 2. The average Bonchev–Trinajstić information content (AvgIpc) is 2.65. The van der Waals surface area contributed by atoms with Gasteiger partial charge in [-0.15, -0.1) is 0 Å². The van der Waals surface area contributed by atoms with Crippen molar-refractivity contribution in [3.63, 3.8) is 0 Å². The minimum absolute atomic E-state index is 0.491. The Labute approximate surface area is 160 Å². The van der Waals surface area contributed by atoms with Gasteiger partial charge in [-0.25, -0.2) is 0 Å². The standard InChI is InChI=1S/C25H35N/c1-3-4-7-16-25(19-21-10-12-23(26)13-11-21)17-14-22(15-18-25)24-9-6-5-8-20(24)2/h5-6,8-13,22H,3-4,7,14-19,26H2,1-2H3. The van der Waals surface area contributed by atoms with Gasteiger partial charge in [0.1, 0.15) is 0 Å². The first-order chi connectivity index (χ1) is 12.6. The van der Waals surface area contributed by atoms with Crippen LogP contribution in [0, 0.1) is 12.3 Å². The quantitative estimate of drug-likeness (QED) is 0.421. The van der Waals surface area contributed by atoms with Crippen LogP contribution in [0.2, 0.25) is 0 Å². The van der Waals surface area contributed by atoms with Crippen LogP contribution in [0.3, 0.4) is 0 Å². The number of hydrogen-bond acceptors (Lipinski definition) is 1. The van der Waals surface area contributed by atoms with E-state index in [1.54, 1.807) is 5.56 Å². The summed E-state index contributed by atoms with van der Waals surface area (Å²) < 4.78 is 0. The third-order valence-corrected chi connectivity index (χ3v) is 6.54. The van der Waals surface area contributed by atoms with Crippen molar-refractivity contribution in [3.05, 3.63) is 65.2 Å². The molecule has 0 unspecified atom stereocenters. The van der Waals surface area contributed by atoms with Crippen molar-refractivity contribution in [1.82, 2.24) is 0 Å². The second-order valence-corrected chi connectivity index (χ2v) is 8.51.